The second kappa shape index (κ2) is 4.65. The molecule has 1 aromatic heterocycles. The van der Waals surface area contributed by atoms with E-state index in [1.807, 2.05) is 0 Å². The van der Waals surface area contributed by atoms with E-state index in [9.17, 15) is 0 Å². The Morgan fingerprint density at radius 3 is 2.36 bits per heavy atom. The van der Waals surface area contributed by atoms with Gasteiger partial charge in [-0.15, -0.1) is 0 Å². The van der Waals surface area contributed by atoms with Gasteiger partial charge in [0, 0.05) is 10.8 Å². The van der Waals surface area contributed by atoms with Crippen LogP contribution in [-0.4, -0.2) is 9.97 Å². The summed E-state index contributed by atoms with van der Waals surface area (Å²) in [5.41, 5.74) is 7.97. The van der Waals surface area contributed by atoms with Crippen LogP contribution in [0.2, 0.25) is 0 Å². The van der Waals surface area contributed by atoms with E-state index in [1.54, 1.807) is 6.33 Å². The molecule has 0 N–H and O–H groups in total. The summed E-state index contributed by atoms with van der Waals surface area (Å²) in [5.74, 6) is 0. The van der Waals surface area contributed by atoms with Crippen molar-refractivity contribution < 1.29 is 0 Å². The summed E-state index contributed by atoms with van der Waals surface area (Å²) < 4.78 is 0. The zero-order chi connectivity index (χ0) is 16.3. The average molecular weight is 294 g/mol. The molecule has 3 rings (SSSR count). The topological polar surface area (TPSA) is 25.8 Å². The highest BCUT2D eigenvalue weighted by Gasteiger charge is 2.33. The first-order valence-corrected chi connectivity index (χ1v) is 8.08. The maximum absolute atomic E-state index is 4.57. The van der Waals surface area contributed by atoms with Gasteiger partial charge in [0.25, 0.3) is 0 Å². The van der Waals surface area contributed by atoms with E-state index in [-0.39, 0.29) is 10.8 Å². The molecule has 2 aromatic rings. The minimum absolute atomic E-state index is 0.0357. The highest BCUT2D eigenvalue weighted by atomic mass is 14.8. The van der Waals surface area contributed by atoms with Gasteiger partial charge < -0.3 is 0 Å². The largest absolute Gasteiger partial charge is 0.236 e. The predicted molar refractivity (Wildman–Crippen MR) is 94.0 cm³/mol. The Kier molecular flexibility index (Phi) is 3.21. The van der Waals surface area contributed by atoms with Crippen molar-refractivity contribution in [3.05, 3.63) is 40.9 Å². The molecule has 0 bridgehead atoms. The van der Waals surface area contributed by atoms with Crippen LogP contribution in [0.25, 0.3) is 16.5 Å². The Morgan fingerprint density at radius 2 is 1.73 bits per heavy atom. The molecule has 0 saturated carbocycles. The molecule has 0 unspecified atom stereocenters. The van der Waals surface area contributed by atoms with Crippen molar-refractivity contribution in [1.29, 1.82) is 0 Å². The standard InChI is InChI=1S/C20H26N2/c1-12-13(2)20(6,7)15-8-14(10-19(3,4)5)9-16-17(15)18(12)22-11-21-16/h8-9,11H,10H2,1-7H3. The van der Waals surface area contributed by atoms with Crippen molar-refractivity contribution in [3.8, 4) is 0 Å². The van der Waals surface area contributed by atoms with Crippen molar-refractivity contribution in [2.45, 2.75) is 60.3 Å². The second-order valence-corrected chi connectivity index (χ2v) is 8.37. The number of allylic oxidation sites excluding steroid dienone is 2. The van der Waals surface area contributed by atoms with Gasteiger partial charge in [-0.1, -0.05) is 46.3 Å². The smallest absolute Gasteiger partial charge is 0.116 e. The van der Waals surface area contributed by atoms with E-state index in [1.165, 1.54) is 27.7 Å². The fourth-order valence-corrected chi connectivity index (χ4v) is 3.59. The van der Waals surface area contributed by atoms with Crippen molar-refractivity contribution >= 4 is 16.5 Å². The minimum atomic E-state index is 0.0357. The maximum atomic E-state index is 4.57. The van der Waals surface area contributed by atoms with E-state index in [4.69, 9.17) is 0 Å². The van der Waals surface area contributed by atoms with Gasteiger partial charge in [0.1, 0.15) is 6.33 Å². The van der Waals surface area contributed by atoms with Gasteiger partial charge in [-0.25, -0.2) is 9.97 Å². The fraction of sp³-hybridized carbons (Fsp3) is 0.500. The van der Waals surface area contributed by atoms with Crippen LogP contribution in [0.5, 0.6) is 0 Å². The third kappa shape index (κ3) is 2.25. The molecule has 0 atom stereocenters. The number of nitrogens with zero attached hydrogens (tertiary/aromatic N) is 2. The SMILES string of the molecule is CC1=C(C)C(C)(C)c2cc(CC(C)(C)C)cc3ncnc1c23. The fourth-order valence-electron chi connectivity index (χ4n) is 3.59. The number of benzene rings is 1. The molecule has 22 heavy (non-hydrogen) atoms. The summed E-state index contributed by atoms with van der Waals surface area (Å²) in [6.45, 7) is 15.9. The summed E-state index contributed by atoms with van der Waals surface area (Å²) in [6.07, 6.45) is 2.77. The van der Waals surface area contributed by atoms with Gasteiger partial charge in [-0.2, -0.15) is 0 Å². The van der Waals surface area contributed by atoms with Crippen LogP contribution in [0, 0.1) is 5.41 Å². The summed E-state index contributed by atoms with van der Waals surface area (Å²) in [6, 6.07) is 4.63. The molecule has 0 radical (unpaired) electrons. The first-order valence-electron chi connectivity index (χ1n) is 8.08. The number of aromatic nitrogens is 2. The van der Waals surface area contributed by atoms with Gasteiger partial charge in [0.05, 0.1) is 11.2 Å². The Morgan fingerprint density at radius 1 is 1.05 bits per heavy atom. The molecular formula is C20H26N2. The van der Waals surface area contributed by atoms with Gasteiger partial charge in [0.15, 0.2) is 0 Å². The lowest BCUT2D eigenvalue weighted by atomic mass is 9.70. The first kappa shape index (κ1) is 15.2. The Hall–Kier alpha value is -1.70. The predicted octanol–water partition coefficient (Wildman–Crippen LogP) is 5.30. The summed E-state index contributed by atoms with van der Waals surface area (Å²) >= 11 is 0. The summed E-state index contributed by atoms with van der Waals surface area (Å²) in [4.78, 5) is 9.14. The maximum Gasteiger partial charge on any atom is 0.116 e. The summed E-state index contributed by atoms with van der Waals surface area (Å²) in [5, 5.41) is 1.24. The number of hydrogen-bond acceptors (Lipinski definition) is 2. The zero-order valence-electron chi connectivity index (χ0n) is 14.8. The molecular weight excluding hydrogens is 268 g/mol. The lowest BCUT2D eigenvalue weighted by Crippen LogP contribution is -2.25. The third-order valence-corrected chi connectivity index (χ3v) is 5.06. The van der Waals surface area contributed by atoms with Gasteiger partial charge in [-0.3, -0.25) is 0 Å². The highest BCUT2D eigenvalue weighted by Crippen LogP contribution is 2.45. The number of rotatable bonds is 1. The van der Waals surface area contributed by atoms with Crippen LogP contribution in [0.1, 0.15) is 65.3 Å². The monoisotopic (exact) mass is 294 g/mol. The number of hydrogen-bond donors (Lipinski definition) is 0. The van der Waals surface area contributed by atoms with Crippen LogP contribution in [0.4, 0.5) is 0 Å². The molecule has 0 fully saturated rings. The lowest BCUT2D eigenvalue weighted by molar-refractivity contribution is 0.411. The lowest BCUT2D eigenvalue weighted by Gasteiger charge is -2.35. The highest BCUT2D eigenvalue weighted by molar-refractivity contribution is 5.97. The van der Waals surface area contributed by atoms with E-state index in [0.29, 0.717) is 0 Å². The minimum Gasteiger partial charge on any atom is -0.236 e. The normalized spacial score (nSPS) is 17.2. The van der Waals surface area contributed by atoms with E-state index in [2.05, 4.69) is 70.6 Å². The Labute approximate surface area is 133 Å². The third-order valence-electron chi connectivity index (χ3n) is 5.06. The van der Waals surface area contributed by atoms with Crippen molar-refractivity contribution in [2.75, 3.05) is 0 Å². The van der Waals surface area contributed by atoms with E-state index in [0.717, 1.165) is 17.6 Å². The van der Waals surface area contributed by atoms with Crippen molar-refractivity contribution in [2.24, 2.45) is 5.41 Å². The van der Waals surface area contributed by atoms with Gasteiger partial charge in [0.2, 0.25) is 0 Å². The van der Waals surface area contributed by atoms with Crippen LogP contribution >= 0.6 is 0 Å². The molecule has 1 aromatic carbocycles. The van der Waals surface area contributed by atoms with Crippen LogP contribution in [0.15, 0.2) is 24.0 Å². The molecule has 0 amide bonds. The molecule has 1 aliphatic rings. The molecule has 0 spiro atoms. The second-order valence-electron chi connectivity index (χ2n) is 8.37. The summed E-state index contributed by atoms with van der Waals surface area (Å²) in [7, 11) is 0. The Balaban J connectivity index is 2.34. The van der Waals surface area contributed by atoms with Gasteiger partial charge in [-0.05, 0) is 48.4 Å². The van der Waals surface area contributed by atoms with E-state index >= 15 is 0 Å². The molecule has 1 heterocycles. The molecule has 2 nitrogen and oxygen atoms in total. The average Bonchev–Trinajstić information content (AvgIpc) is 2.40. The van der Waals surface area contributed by atoms with E-state index < -0.39 is 0 Å². The van der Waals surface area contributed by atoms with Gasteiger partial charge >= 0.3 is 0 Å². The van der Waals surface area contributed by atoms with Crippen molar-refractivity contribution in [1.82, 2.24) is 9.97 Å². The van der Waals surface area contributed by atoms with Crippen molar-refractivity contribution in [3.63, 3.8) is 0 Å². The zero-order valence-corrected chi connectivity index (χ0v) is 14.8. The quantitative estimate of drug-likeness (QED) is 0.713. The van der Waals surface area contributed by atoms with Crippen LogP contribution < -0.4 is 0 Å². The van der Waals surface area contributed by atoms with Crippen LogP contribution in [-0.2, 0) is 11.8 Å². The molecule has 2 heteroatoms. The first-order chi connectivity index (χ1) is 10.1. The molecule has 1 aliphatic carbocycles. The molecule has 116 valence electrons. The molecule has 0 saturated heterocycles. The Bertz CT molecular complexity index is 789. The van der Waals surface area contributed by atoms with Crippen LogP contribution in [0.3, 0.4) is 0 Å². The molecule has 0 aliphatic heterocycles.